The number of nitrogens with one attached hydrogen (secondary N) is 3. The van der Waals surface area contributed by atoms with Gasteiger partial charge in [0.1, 0.15) is 9.90 Å². The summed E-state index contributed by atoms with van der Waals surface area (Å²) in [6.45, 7) is 6.39. The van der Waals surface area contributed by atoms with Crippen LogP contribution in [0, 0.1) is 6.92 Å². The van der Waals surface area contributed by atoms with Crippen molar-refractivity contribution >= 4 is 55.6 Å². The van der Waals surface area contributed by atoms with Gasteiger partial charge in [-0.3, -0.25) is 14.4 Å². The number of para-hydroxylation sites is 1. The standard InChI is InChI=1S/C28H32N4O4S3/c1-20-10-15-37-28(20)39(34,35)31-24-9-5-8-22-16-25(30-26(22)24)27(33)29-17-23(18-32-11-13-36-14-12-32)38-19-21-6-3-2-4-7-21/h2-10,15-16,23,30-31H,11-14,17-19H2,1H3,(H,29,33). The van der Waals surface area contributed by atoms with E-state index < -0.39 is 10.0 Å². The smallest absolute Gasteiger partial charge is 0.271 e. The summed E-state index contributed by atoms with van der Waals surface area (Å²) in [6.07, 6.45) is 0. The number of fused-ring (bicyclic) bond motifs is 1. The number of amides is 1. The number of rotatable bonds is 11. The molecule has 0 spiro atoms. The number of nitrogens with zero attached hydrogens (tertiary/aromatic N) is 1. The Balaban J connectivity index is 1.27. The van der Waals surface area contributed by atoms with Gasteiger partial charge in [0.2, 0.25) is 0 Å². The summed E-state index contributed by atoms with van der Waals surface area (Å²) in [7, 11) is -3.74. The number of sulfonamides is 1. The molecule has 8 nitrogen and oxygen atoms in total. The number of benzene rings is 2. The lowest BCUT2D eigenvalue weighted by Crippen LogP contribution is -2.43. The first kappa shape index (κ1) is 27.7. The van der Waals surface area contributed by atoms with Crippen molar-refractivity contribution in [2.75, 3.05) is 44.1 Å². The highest BCUT2D eigenvalue weighted by atomic mass is 32.2. The molecular weight excluding hydrogens is 553 g/mol. The molecule has 1 atom stereocenters. The SMILES string of the molecule is Cc1ccsc1S(=O)(=O)Nc1cccc2cc(C(=O)NCC(CN3CCOCC3)SCc3ccccc3)[nH]c12. The van der Waals surface area contributed by atoms with E-state index in [9.17, 15) is 13.2 Å². The second kappa shape index (κ2) is 12.6. The number of hydrogen-bond acceptors (Lipinski definition) is 7. The number of ether oxygens (including phenoxy) is 1. The summed E-state index contributed by atoms with van der Waals surface area (Å²) in [4.78, 5) is 18.7. The van der Waals surface area contributed by atoms with Gasteiger partial charge in [-0.25, -0.2) is 8.42 Å². The van der Waals surface area contributed by atoms with Crippen molar-refractivity contribution in [3.05, 3.63) is 82.9 Å². The minimum atomic E-state index is -3.74. The van der Waals surface area contributed by atoms with Crippen LogP contribution in [0.2, 0.25) is 0 Å². The number of thioether (sulfide) groups is 1. The molecule has 0 aliphatic carbocycles. The van der Waals surface area contributed by atoms with Gasteiger partial charge >= 0.3 is 0 Å². The molecule has 3 N–H and O–H groups in total. The van der Waals surface area contributed by atoms with Gasteiger partial charge in [0.25, 0.3) is 15.9 Å². The average molecular weight is 585 g/mol. The Morgan fingerprint density at radius 1 is 1.13 bits per heavy atom. The van der Waals surface area contributed by atoms with E-state index in [1.807, 2.05) is 36.0 Å². The summed E-state index contributed by atoms with van der Waals surface area (Å²) in [5.74, 6) is 0.645. The molecule has 11 heteroatoms. The second-order valence-electron chi connectivity index (χ2n) is 9.49. The number of aryl methyl sites for hydroxylation is 1. The highest BCUT2D eigenvalue weighted by Crippen LogP contribution is 2.29. The number of carbonyl (C=O) groups excluding carboxylic acids is 1. The number of aromatic amines is 1. The highest BCUT2D eigenvalue weighted by molar-refractivity contribution is 7.99. The van der Waals surface area contributed by atoms with Gasteiger partial charge in [-0.2, -0.15) is 11.8 Å². The summed E-state index contributed by atoms with van der Waals surface area (Å²) in [6, 6.07) is 19.2. The molecule has 0 saturated carbocycles. The van der Waals surface area contributed by atoms with Gasteiger partial charge in [0, 0.05) is 42.6 Å². The summed E-state index contributed by atoms with van der Waals surface area (Å²) in [5.41, 5.74) is 3.32. The van der Waals surface area contributed by atoms with E-state index in [2.05, 4.69) is 32.1 Å². The molecule has 3 heterocycles. The maximum Gasteiger partial charge on any atom is 0.271 e. The number of H-pyrrole nitrogens is 1. The van der Waals surface area contributed by atoms with Gasteiger partial charge in [0.15, 0.2) is 0 Å². The van der Waals surface area contributed by atoms with E-state index in [0.717, 1.165) is 44.0 Å². The maximum absolute atomic E-state index is 13.2. The first-order chi connectivity index (χ1) is 18.9. The van der Waals surface area contributed by atoms with Crippen LogP contribution in [0.5, 0.6) is 0 Å². The van der Waals surface area contributed by atoms with Crippen molar-refractivity contribution in [2.24, 2.45) is 0 Å². The Bertz CT molecular complexity index is 1510. The van der Waals surface area contributed by atoms with Crippen LogP contribution >= 0.6 is 23.1 Å². The van der Waals surface area contributed by atoms with Crippen LogP contribution < -0.4 is 10.0 Å². The van der Waals surface area contributed by atoms with E-state index in [4.69, 9.17) is 4.74 Å². The van der Waals surface area contributed by atoms with Crippen LogP contribution in [0.1, 0.15) is 21.6 Å². The molecule has 0 bridgehead atoms. The van der Waals surface area contributed by atoms with E-state index in [1.54, 1.807) is 36.6 Å². The largest absolute Gasteiger partial charge is 0.379 e. The number of aromatic nitrogens is 1. The first-order valence-corrected chi connectivity index (χ1v) is 16.2. The Morgan fingerprint density at radius 3 is 2.67 bits per heavy atom. The third kappa shape index (κ3) is 7.03. The fourth-order valence-electron chi connectivity index (χ4n) is 4.53. The molecule has 1 amide bonds. The molecule has 2 aromatic carbocycles. The quantitative estimate of drug-likeness (QED) is 0.236. The van der Waals surface area contributed by atoms with Crippen molar-refractivity contribution < 1.29 is 17.9 Å². The Morgan fingerprint density at radius 2 is 1.92 bits per heavy atom. The van der Waals surface area contributed by atoms with Crippen molar-refractivity contribution in [1.82, 2.24) is 15.2 Å². The molecule has 4 aromatic rings. The van der Waals surface area contributed by atoms with Crippen molar-refractivity contribution in [2.45, 2.75) is 22.1 Å². The zero-order chi connectivity index (χ0) is 27.2. The molecule has 1 saturated heterocycles. The molecule has 5 rings (SSSR count). The lowest BCUT2D eigenvalue weighted by Gasteiger charge is -2.30. The highest BCUT2D eigenvalue weighted by Gasteiger charge is 2.22. The van der Waals surface area contributed by atoms with E-state index in [-0.39, 0.29) is 15.4 Å². The van der Waals surface area contributed by atoms with Crippen LogP contribution in [-0.4, -0.2) is 68.9 Å². The predicted octanol–water partition coefficient (Wildman–Crippen LogP) is 4.70. The predicted molar refractivity (Wildman–Crippen MR) is 159 cm³/mol. The monoisotopic (exact) mass is 584 g/mol. The minimum Gasteiger partial charge on any atom is -0.379 e. The van der Waals surface area contributed by atoms with Crippen LogP contribution in [0.4, 0.5) is 5.69 Å². The minimum absolute atomic E-state index is 0.202. The van der Waals surface area contributed by atoms with Gasteiger partial charge in [0.05, 0.1) is 24.4 Å². The van der Waals surface area contributed by atoms with E-state index in [0.29, 0.717) is 29.0 Å². The molecule has 2 aromatic heterocycles. The first-order valence-electron chi connectivity index (χ1n) is 12.8. The lowest BCUT2D eigenvalue weighted by molar-refractivity contribution is 0.0381. The number of anilines is 1. The van der Waals surface area contributed by atoms with Crippen LogP contribution in [-0.2, 0) is 20.5 Å². The number of thiophene rings is 1. The molecular formula is C28H32N4O4S3. The third-order valence-corrected chi connectivity index (χ3v) is 10.9. The van der Waals surface area contributed by atoms with Gasteiger partial charge < -0.3 is 15.0 Å². The fourth-order valence-corrected chi connectivity index (χ4v) is 8.16. The topological polar surface area (TPSA) is 104 Å². The van der Waals surface area contributed by atoms with Crippen molar-refractivity contribution in [3.8, 4) is 0 Å². The average Bonchev–Trinajstić information content (AvgIpc) is 3.58. The lowest BCUT2D eigenvalue weighted by atomic mass is 10.2. The Labute approximate surface area is 237 Å². The fraction of sp³-hybridized carbons (Fsp3) is 0.321. The zero-order valence-electron chi connectivity index (χ0n) is 21.7. The van der Waals surface area contributed by atoms with Crippen molar-refractivity contribution in [3.63, 3.8) is 0 Å². The summed E-state index contributed by atoms with van der Waals surface area (Å²) >= 11 is 3.01. The number of morpholine rings is 1. The van der Waals surface area contributed by atoms with Crippen molar-refractivity contribution in [1.29, 1.82) is 0 Å². The number of hydrogen-bond donors (Lipinski definition) is 3. The number of carbonyl (C=O) groups is 1. The molecule has 1 aliphatic rings. The molecule has 206 valence electrons. The zero-order valence-corrected chi connectivity index (χ0v) is 24.1. The van der Waals surface area contributed by atoms with Gasteiger partial charge in [-0.1, -0.05) is 42.5 Å². The summed E-state index contributed by atoms with van der Waals surface area (Å²) in [5, 5.41) is 5.81. The normalized spacial score (nSPS) is 15.3. The second-order valence-corrected chi connectivity index (χ2v) is 13.6. The molecule has 39 heavy (non-hydrogen) atoms. The van der Waals surface area contributed by atoms with Gasteiger partial charge in [-0.05, 0) is 41.6 Å². The van der Waals surface area contributed by atoms with E-state index in [1.165, 1.54) is 16.9 Å². The van der Waals surface area contributed by atoms with E-state index >= 15 is 0 Å². The molecule has 1 aliphatic heterocycles. The Hall–Kier alpha value is -2.83. The van der Waals surface area contributed by atoms with Crippen LogP contribution in [0.15, 0.2) is 70.3 Å². The summed E-state index contributed by atoms with van der Waals surface area (Å²) < 4.78 is 34.4. The van der Waals surface area contributed by atoms with Gasteiger partial charge in [-0.15, -0.1) is 11.3 Å². The molecule has 1 unspecified atom stereocenters. The maximum atomic E-state index is 13.2. The molecule has 1 fully saturated rings. The van der Waals surface area contributed by atoms with Crippen LogP contribution in [0.3, 0.4) is 0 Å². The molecule has 0 radical (unpaired) electrons. The Kier molecular flexibility index (Phi) is 8.93. The third-order valence-electron chi connectivity index (χ3n) is 6.59. The van der Waals surface area contributed by atoms with Crippen LogP contribution in [0.25, 0.3) is 10.9 Å².